The highest BCUT2D eigenvalue weighted by atomic mass is 35.5. The van der Waals surface area contributed by atoms with E-state index in [2.05, 4.69) is 25.3 Å². The number of carbonyl (C=O) groups is 1. The number of para-hydroxylation sites is 1. The van der Waals surface area contributed by atoms with Crippen molar-refractivity contribution < 1.29 is 4.79 Å². The monoisotopic (exact) mass is 474 g/mol. The molecule has 1 N–H and O–H groups in total. The first-order valence-corrected chi connectivity index (χ1v) is 11.1. The molecule has 0 atom stereocenters. The first-order valence-electron chi connectivity index (χ1n) is 9.87. The fourth-order valence-corrected chi connectivity index (χ4v) is 4.26. The second kappa shape index (κ2) is 8.89. The molecular weight excluding hydrogens is 460 g/mol. The van der Waals surface area contributed by atoms with E-state index in [1.165, 1.54) is 34.5 Å². The lowest BCUT2D eigenvalue weighted by Gasteiger charge is -2.12. The van der Waals surface area contributed by atoms with Crippen molar-refractivity contribution in [1.82, 2.24) is 29.8 Å². The van der Waals surface area contributed by atoms with Crippen LogP contribution < -0.4 is 10.9 Å². The van der Waals surface area contributed by atoms with E-state index in [9.17, 15) is 9.59 Å². The Labute approximate surface area is 196 Å². The van der Waals surface area contributed by atoms with Gasteiger partial charge in [-0.3, -0.25) is 14.6 Å². The lowest BCUT2D eigenvalue weighted by atomic mass is 10.2. The van der Waals surface area contributed by atoms with Crippen molar-refractivity contribution in [3.8, 4) is 16.4 Å². The molecule has 0 radical (unpaired) electrons. The molecule has 3 heterocycles. The van der Waals surface area contributed by atoms with Crippen molar-refractivity contribution in [2.75, 3.05) is 0 Å². The maximum atomic E-state index is 13.4. The van der Waals surface area contributed by atoms with Gasteiger partial charge in [0.05, 0.1) is 29.3 Å². The quantitative estimate of drug-likeness (QED) is 0.414. The number of halogens is 1. The largest absolute Gasteiger partial charge is 0.343 e. The third-order valence-corrected chi connectivity index (χ3v) is 5.95. The van der Waals surface area contributed by atoms with E-state index in [-0.39, 0.29) is 17.8 Å². The molecule has 5 rings (SSSR count). The molecule has 0 aliphatic carbocycles. The molecule has 2 aromatic carbocycles. The van der Waals surface area contributed by atoms with Crippen molar-refractivity contribution in [3.05, 3.63) is 99.4 Å². The average Bonchev–Trinajstić information content (AvgIpc) is 3.33. The van der Waals surface area contributed by atoms with Crippen LogP contribution in [0.25, 0.3) is 27.3 Å². The standard InChI is InChI=1S/C23H15ClN6O2S/c24-15-7-5-14(6-8-15)19-13-33-23(29-19)30-20(12-27-21(31)18-11-25-9-10-26-18)28-17-4-2-1-3-16(17)22(30)32/h1-11,13H,12H2,(H,27,31). The van der Waals surface area contributed by atoms with Crippen LogP contribution in [0.5, 0.6) is 0 Å². The predicted molar refractivity (Wildman–Crippen MR) is 127 cm³/mol. The Morgan fingerprint density at radius 1 is 1.06 bits per heavy atom. The molecule has 8 nitrogen and oxygen atoms in total. The number of carbonyl (C=O) groups excluding carboxylic acids is 1. The second-order valence-electron chi connectivity index (χ2n) is 6.98. The summed E-state index contributed by atoms with van der Waals surface area (Å²) in [6.45, 7) is 0.00530. The maximum Gasteiger partial charge on any atom is 0.271 e. The number of rotatable bonds is 5. The van der Waals surface area contributed by atoms with Crippen molar-refractivity contribution >= 4 is 39.7 Å². The summed E-state index contributed by atoms with van der Waals surface area (Å²) in [6, 6.07) is 14.4. The zero-order valence-electron chi connectivity index (χ0n) is 17.0. The number of amides is 1. The summed E-state index contributed by atoms with van der Waals surface area (Å²) in [5, 5.41) is 6.17. The van der Waals surface area contributed by atoms with Crippen LogP contribution in [0.1, 0.15) is 16.3 Å². The third kappa shape index (κ3) is 4.23. The van der Waals surface area contributed by atoms with Crippen LogP contribution in [0, 0.1) is 0 Å². The SMILES string of the molecule is O=C(NCc1nc2ccccc2c(=O)n1-c1nc(-c2ccc(Cl)cc2)cs1)c1cnccn1. The molecule has 33 heavy (non-hydrogen) atoms. The number of aromatic nitrogens is 5. The van der Waals surface area contributed by atoms with E-state index >= 15 is 0 Å². The Bertz CT molecular complexity index is 1520. The Hall–Kier alpha value is -3.95. The zero-order chi connectivity index (χ0) is 22.8. The van der Waals surface area contributed by atoms with E-state index in [1.807, 2.05) is 23.6 Å². The second-order valence-corrected chi connectivity index (χ2v) is 8.25. The lowest BCUT2D eigenvalue weighted by Crippen LogP contribution is -2.30. The number of nitrogens with zero attached hydrogens (tertiary/aromatic N) is 5. The van der Waals surface area contributed by atoms with Crippen molar-refractivity contribution in [3.63, 3.8) is 0 Å². The summed E-state index contributed by atoms with van der Waals surface area (Å²) in [5.41, 5.74) is 2.03. The van der Waals surface area contributed by atoms with Gasteiger partial charge < -0.3 is 5.32 Å². The van der Waals surface area contributed by atoms with Crippen LogP contribution in [-0.4, -0.2) is 30.4 Å². The van der Waals surface area contributed by atoms with Gasteiger partial charge in [0.15, 0.2) is 5.13 Å². The summed E-state index contributed by atoms with van der Waals surface area (Å²) in [6.07, 6.45) is 4.29. The molecular formula is C23H15ClN6O2S. The Morgan fingerprint density at radius 3 is 2.67 bits per heavy atom. The summed E-state index contributed by atoms with van der Waals surface area (Å²) >= 11 is 7.30. The first kappa shape index (κ1) is 20.9. The number of thiazole rings is 1. The van der Waals surface area contributed by atoms with E-state index < -0.39 is 5.91 Å². The van der Waals surface area contributed by atoms with Gasteiger partial charge in [-0.1, -0.05) is 35.9 Å². The molecule has 0 aliphatic heterocycles. The normalized spacial score (nSPS) is 10.9. The molecule has 3 aromatic heterocycles. The number of nitrogens with one attached hydrogen (secondary N) is 1. The minimum Gasteiger partial charge on any atom is -0.343 e. The summed E-state index contributed by atoms with van der Waals surface area (Å²) in [4.78, 5) is 43.1. The van der Waals surface area contributed by atoms with E-state index in [4.69, 9.17) is 11.6 Å². The summed E-state index contributed by atoms with van der Waals surface area (Å²) in [7, 11) is 0. The molecule has 5 aromatic rings. The third-order valence-electron chi connectivity index (χ3n) is 4.87. The van der Waals surface area contributed by atoms with Gasteiger partial charge in [0.1, 0.15) is 11.5 Å². The first-order chi connectivity index (χ1) is 16.1. The smallest absolute Gasteiger partial charge is 0.271 e. The molecule has 0 saturated heterocycles. The zero-order valence-corrected chi connectivity index (χ0v) is 18.5. The van der Waals surface area contributed by atoms with Gasteiger partial charge in [-0.15, -0.1) is 11.3 Å². The topological polar surface area (TPSA) is 103 Å². The minimum absolute atomic E-state index is 0.00530. The molecule has 0 spiro atoms. The van der Waals surface area contributed by atoms with E-state index in [0.717, 1.165) is 5.56 Å². The number of benzene rings is 2. The van der Waals surface area contributed by atoms with Crippen LogP contribution in [-0.2, 0) is 6.54 Å². The number of hydrogen-bond acceptors (Lipinski definition) is 7. The minimum atomic E-state index is -0.418. The Balaban J connectivity index is 1.56. The molecule has 1 amide bonds. The lowest BCUT2D eigenvalue weighted by molar-refractivity contribution is 0.0944. The predicted octanol–water partition coefficient (Wildman–Crippen LogP) is 3.88. The molecule has 10 heteroatoms. The van der Waals surface area contributed by atoms with E-state index in [0.29, 0.717) is 32.6 Å². The van der Waals surface area contributed by atoms with Crippen molar-refractivity contribution in [1.29, 1.82) is 0 Å². The molecule has 0 bridgehead atoms. The highest BCUT2D eigenvalue weighted by molar-refractivity contribution is 7.12. The van der Waals surface area contributed by atoms with Gasteiger partial charge in [-0.2, -0.15) is 0 Å². The maximum absolute atomic E-state index is 13.4. The fraction of sp³-hybridized carbons (Fsp3) is 0.0435. The Morgan fingerprint density at radius 2 is 1.88 bits per heavy atom. The molecule has 0 fully saturated rings. The average molecular weight is 475 g/mol. The summed E-state index contributed by atoms with van der Waals surface area (Å²) in [5.74, 6) is -0.0639. The Kier molecular flexibility index (Phi) is 5.64. The van der Waals surface area contributed by atoms with Crippen LogP contribution in [0.3, 0.4) is 0 Å². The molecule has 162 valence electrons. The van der Waals surface area contributed by atoms with Crippen LogP contribution >= 0.6 is 22.9 Å². The molecule has 0 unspecified atom stereocenters. The van der Waals surface area contributed by atoms with Gasteiger partial charge in [0, 0.05) is 28.4 Å². The van der Waals surface area contributed by atoms with Gasteiger partial charge in [0.2, 0.25) is 0 Å². The van der Waals surface area contributed by atoms with Crippen molar-refractivity contribution in [2.24, 2.45) is 0 Å². The van der Waals surface area contributed by atoms with Crippen LogP contribution in [0.15, 0.2) is 77.3 Å². The van der Waals surface area contributed by atoms with E-state index in [1.54, 1.807) is 30.3 Å². The van der Waals surface area contributed by atoms with Gasteiger partial charge >= 0.3 is 0 Å². The van der Waals surface area contributed by atoms with Crippen LogP contribution in [0.2, 0.25) is 5.02 Å². The molecule has 0 saturated carbocycles. The number of fused-ring (bicyclic) bond motifs is 1. The molecule has 0 aliphatic rings. The van der Waals surface area contributed by atoms with Gasteiger partial charge in [0.25, 0.3) is 11.5 Å². The van der Waals surface area contributed by atoms with Gasteiger partial charge in [-0.25, -0.2) is 19.5 Å². The highest BCUT2D eigenvalue weighted by Crippen LogP contribution is 2.25. The van der Waals surface area contributed by atoms with Crippen molar-refractivity contribution in [2.45, 2.75) is 6.54 Å². The van der Waals surface area contributed by atoms with Gasteiger partial charge in [-0.05, 0) is 24.3 Å². The summed E-state index contributed by atoms with van der Waals surface area (Å²) < 4.78 is 1.43. The van der Waals surface area contributed by atoms with Crippen LogP contribution in [0.4, 0.5) is 0 Å². The highest BCUT2D eigenvalue weighted by Gasteiger charge is 2.17. The number of hydrogen-bond donors (Lipinski definition) is 1. The fourth-order valence-electron chi connectivity index (χ4n) is 3.28.